The molecule has 4 heteroatoms. The predicted octanol–water partition coefficient (Wildman–Crippen LogP) is 2.70. The lowest BCUT2D eigenvalue weighted by molar-refractivity contribution is 0.195. The summed E-state index contributed by atoms with van der Waals surface area (Å²) in [5.74, 6) is -1.23. The van der Waals surface area contributed by atoms with E-state index in [4.69, 9.17) is 5.73 Å². The molecule has 0 aliphatic carbocycles. The number of aryl methyl sites for hydroxylation is 1. The molecular weight excluding hydrogens is 272 g/mol. The van der Waals surface area contributed by atoms with Crippen molar-refractivity contribution in [1.82, 2.24) is 0 Å². The van der Waals surface area contributed by atoms with Gasteiger partial charge in [-0.2, -0.15) is 0 Å². The molecule has 0 bridgehead atoms. The molecule has 2 rings (SSSR count). The summed E-state index contributed by atoms with van der Waals surface area (Å²) in [4.78, 5) is 0. The minimum absolute atomic E-state index is 0.170. The molecule has 0 saturated carbocycles. The van der Waals surface area contributed by atoms with E-state index in [1.807, 2.05) is 31.2 Å². The second-order valence-corrected chi connectivity index (χ2v) is 5.42. The maximum absolute atomic E-state index is 13.9. The molecule has 0 spiro atoms. The Hall–Kier alpha value is -1.78. The number of halogens is 2. The van der Waals surface area contributed by atoms with E-state index in [-0.39, 0.29) is 19.6 Å². The average molecular weight is 291 g/mol. The highest BCUT2D eigenvalue weighted by Crippen LogP contribution is 2.29. The summed E-state index contributed by atoms with van der Waals surface area (Å²) in [6.07, 6.45) is 0.217. The molecule has 2 aromatic carbocycles. The first-order valence-electron chi connectivity index (χ1n) is 6.83. The van der Waals surface area contributed by atoms with Crippen molar-refractivity contribution in [3.63, 3.8) is 0 Å². The van der Waals surface area contributed by atoms with Crippen LogP contribution in [0.5, 0.6) is 0 Å². The van der Waals surface area contributed by atoms with Crippen LogP contribution in [0.3, 0.4) is 0 Å². The van der Waals surface area contributed by atoms with E-state index < -0.39 is 17.0 Å². The minimum Gasteiger partial charge on any atom is -0.395 e. The first kappa shape index (κ1) is 15.6. The highest BCUT2D eigenvalue weighted by Gasteiger charge is 2.31. The first-order chi connectivity index (χ1) is 10.0. The fourth-order valence-corrected chi connectivity index (χ4v) is 2.44. The summed E-state index contributed by atoms with van der Waals surface area (Å²) in [7, 11) is 0. The van der Waals surface area contributed by atoms with E-state index in [2.05, 4.69) is 0 Å². The Labute approximate surface area is 123 Å². The van der Waals surface area contributed by atoms with Gasteiger partial charge < -0.3 is 10.8 Å². The average Bonchev–Trinajstić information content (AvgIpc) is 2.48. The van der Waals surface area contributed by atoms with Gasteiger partial charge in [-0.25, -0.2) is 8.78 Å². The van der Waals surface area contributed by atoms with E-state index in [0.29, 0.717) is 5.56 Å². The van der Waals surface area contributed by atoms with Gasteiger partial charge in [-0.05, 0) is 30.5 Å². The minimum atomic E-state index is -0.771. The molecule has 2 aromatic rings. The van der Waals surface area contributed by atoms with Gasteiger partial charge >= 0.3 is 0 Å². The van der Waals surface area contributed by atoms with Crippen molar-refractivity contribution in [3.05, 3.63) is 70.8 Å². The second kappa shape index (κ2) is 6.33. The standard InChI is InChI=1S/C17H19F2NO/c1-12-2-5-14(6-3-12)17(10-20,11-21)9-13-4-7-15(18)8-16(13)19/h2-8,21H,9-11,20H2,1H3. The second-order valence-electron chi connectivity index (χ2n) is 5.42. The Kier molecular flexibility index (Phi) is 4.70. The van der Waals surface area contributed by atoms with E-state index in [1.54, 1.807) is 0 Å². The maximum atomic E-state index is 13.9. The number of hydrogen-bond acceptors (Lipinski definition) is 2. The molecule has 0 aliphatic heterocycles. The van der Waals surface area contributed by atoms with E-state index in [0.717, 1.165) is 17.2 Å². The number of aliphatic hydroxyl groups is 1. The molecule has 0 saturated heterocycles. The Balaban J connectivity index is 2.40. The summed E-state index contributed by atoms with van der Waals surface area (Å²) in [6.45, 7) is 1.93. The SMILES string of the molecule is Cc1ccc(C(CN)(CO)Cc2ccc(F)cc2F)cc1. The van der Waals surface area contributed by atoms with E-state index >= 15 is 0 Å². The van der Waals surface area contributed by atoms with Crippen LogP contribution >= 0.6 is 0 Å². The lowest BCUT2D eigenvalue weighted by Crippen LogP contribution is -2.41. The molecule has 0 aliphatic rings. The zero-order valence-electron chi connectivity index (χ0n) is 11.9. The first-order valence-corrected chi connectivity index (χ1v) is 6.83. The molecule has 1 unspecified atom stereocenters. The Morgan fingerprint density at radius 2 is 1.76 bits per heavy atom. The van der Waals surface area contributed by atoms with Crippen molar-refractivity contribution >= 4 is 0 Å². The van der Waals surface area contributed by atoms with Gasteiger partial charge in [0, 0.05) is 18.0 Å². The van der Waals surface area contributed by atoms with Gasteiger partial charge in [-0.15, -0.1) is 0 Å². The van der Waals surface area contributed by atoms with Gasteiger partial charge in [0.1, 0.15) is 11.6 Å². The van der Waals surface area contributed by atoms with Gasteiger partial charge in [0.2, 0.25) is 0 Å². The highest BCUT2D eigenvalue weighted by molar-refractivity contribution is 5.33. The van der Waals surface area contributed by atoms with Gasteiger partial charge in [0.15, 0.2) is 0 Å². The quantitative estimate of drug-likeness (QED) is 0.889. The van der Waals surface area contributed by atoms with Gasteiger partial charge in [-0.1, -0.05) is 35.9 Å². The third-order valence-electron chi connectivity index (χ3n) is 3.90. The van der Waals surface area contributed by atoms with Gasteiger partial charge in [0.05, 0.1) is 6.61 Å². The van der Waals surface area contributed by atoms with Crippen molar-refractivity contribution in [3.8, 4) is 0 Å². The Bertz CT molecular complexity index is 607. The molecule has 3 N–H and O–H groups in total. The van der Waals surface area contributed by atoms with Crippen LogP contribution in [0.15, 0.2) is 42.5 Å². The third-order valence-corrected chi connectivity index (χ3v) is 3.90. The molecule has 0 heterocycles. The number of hydrogen-bond donors (Lipinski definition) is 2. The van der Waals surface area contributed by atoms with Crippen LogP contribution in [0.2, 0.25) is 0 Å². The molecule has 1 atom stereocenters. The Morgan fingerprint density at radius 1 is 1.10 bits per heavy atom. The molecule has 21 heavy (non-hydrogen) atoms. The summed E-state index contributed by atoms with van der Waals surface area (Å²) in [5.41, 5.74) is 7.37. The number of rotatable bonds is 5. The lowest BCUT2D eigenvalue weighted by atomic mass is 9.76. The number of aliphatic hydroxyl groups excluding tert-OH is 1. The molecule has 0 aromatic heterocycles. The molecule has 2 nitrogen and oxygen atoms in total. The van der Waals surface area contributed by atoms with Crippen LogP contribution < -0.4 is 5.73 Å². The predicted molar refractivity (Wildman–Crippen MR) is 79.1 cm³/mol. The fourth-order valence-electron chi connectivity index (χ4n) is 2.44. The molecule has 112 valence electrons. The van der Waals surface area contributed by atoms with Crippen LogP contribution in [0, 0.1) is 18.6 Å². The summed E-state index contributed by atoms with van der Waals surface area (Å²) < 4.78 is 26.9. The van der Waals surface area contributed by atoms with Crippen LogP contribution in [0.4, 0.5) is 8.78 Å². The summed E-state index contributed by atoms with van der Waals surface area (Å²) >= 11 is 0. The molecular formula is C17H19F2NO. The van der Waals surface area contributed by atoms with E-state index in [1.165, 1.54) is 12.1 Å². The van der Waals surface area contributed by atoms with Crippen LogP contribution in [0.1, 0.15) is 16.7 Å². The van der Waals surface area contributed by atoms with Gasteiger partial charge in [-0.3, -0.25) is 0 Å². The third kappa shape index (κ3) is 3.28. The topological polar surface area (TPSA) is 46.2 Å². The number of nitrogens with two attached hydrogens (primary N) is 1. The normalized spacial score (nSPS) is 14.0. The van der Waals surface area contributed by atoms with Crippen molar-refractivity contribution in [2.24, 2.45) is 5.73 Å². The zero-order chi connectivity index (χ0) is 15.5. The van der Waals surface area contributed by atoms with Crippen molar-refractivity contribution in [2.45, 2.75) is 18.8 Å². The molecule has 0 fully saturated rings. The Morgan fingerprint density at radius 3 is 2.29 bits per heavy atom. The number of benzene rings is 2. The van der Waals surface area contributed by atoms with E-state index in [9.17, 15) is 13.9 Å². The molecule has 0 radical (unpaired) electrons. The highest BCUT2D eigenvalue weighted by atomic mass is 19.1. The van der Waals surface area contributed by atoms with Gasteiger partial charge in [0.25, 0.3) is 0 Å². The lowest BCUT2D eigenvalue weighted by Gasteiger charge is -2.31. The van der Waals surface area contributed by atoms with Crippen molar-refractivity contribution in [2.75, 3.05) is 13.2 Å². The fraction of sp³-hybridized carbons (Fsp3) is 0.294. The van der Waals surface area contributed by atoms with Crippen LogP contribution in [-0.4, -0.2) is 18.3 Å². The molecule has 0 amide bonds. The van der Waals surface area contributed by atoms with Crippen LogP contribution in [-0.2, 0) is 11.8 Å². The largest absolute Gasteiger partial charge is 0.395 e. The maximum Gasteiger partial charge on any atom is 0.129 e. The monoisotopic (exact) mass is 291 g/mol. The smallest absolute Gasteiger partial charge is 0.129 e. The summed E-state index contributed by atoms with van der Waals surface area (Å²) in [5, 5.41) is 9.83. The van der Waals surface area contributed by atoms with Crippen molar-refractivity contribution in [1.29, 1.82) is 0 Å². The summed E-state index contributed by atoms with van der Waals surface area (Å²) in [6, 6.07) is 11.1. The van der Waals surface area contributed by atoms with Crippen LogP contribution in [0.25, 0.3) is 0 Å². The van der Waals surface area contributed by atoms with Crippen molar-refractivity contribution < 1.29 is 13.9 Å². The zero-order valence-corrected chi connectivity index (χ0v) is 11.9.